The van der Waals surface area contributed by atoms with Gasteiger partial charge in [0.1, 0.15) is 11.5 Å². The molecule has 0 atom stereocenters. The number of nitrogens with zero attached hydrogens (tertiary/aromatic N) is 2. The highest BCUT2D eigenvalue weighted by atomic mass is 16.3. The third-order valence-electron chi connectivity index (χ3n) is 4.96. The molecule has 0 aromatic carbocycles. The van der Waals surface area contributed by atoms with Crippen LogP contribution in [0.1, 0.15) is 54.0 Å². The summed E-state index contributed by atoms with van der Waals surface area (Å²) in [5.74, 6) is 1.69. The molecule has 2 heterocycles. The van der Waals surface area contributed by atoms with Crippen LogP contribution < -0.4 is 0 Å². The first-order valence-electron chi connectivity index (χ1n) is 8.25. The number of amides is 1. The molecule has 1 aromatic heterocycles. The van der Waals surface area contributed by atoms with E-state index in [0.29, 0.717) is 0 Å². The minimum atomic E-state index is 0.132. The van der Waals surface area contributed by atoms with Gasteiger partial charge in [-0.25, -0.2) is 0 Å². The number of carbonyl (C=O) groups excluding carboxylic acids is 1. The van der Waals surface area contributed by atoms with Crippen molar-refractivity contribution in [2.75, 3.05) is 26.2 Å². The average molecular weight is 290 g/mol. The first kappa shape index (κ1) is 14.6. The maximum Gasteiger partial charge on any atom is 0.257 e. The highest BCUT2D eigenvalue weighted by Crippen LogP contribution is 2.24. The van der Waals surface area contributed by atoms with Crippen molar-refractivity contribution < 1.29 is 9.21 Å². The maximum atomic E-state index is 12.6. The van der Waals surface area contributed by atoms with Gasteiger partial charge in [-0.3, -0.25) is 9.69 Å². The molecule has 0 spiro atoms. The zero-order valence-corrected chi connectivity index (χ0v) is 13.2. The predicted molar refractivity (Wildman–Crippen MR) is 82.5 cm³/mol. The maximum absolute atomic E-state index is 12.6. The van der Waals surface area contributed by atoms with Gasteiger partial charge in [0.2, 0.25) is 0 Å². The van der Waals surface area contributed by atoms with Crippen molar-refractivity contribution in [3.05, 3.63) is 23.2 Å². The zero-order valence-electron chi connectivity index (χ0n) is 13.2. The Balaban J connectivity index is 1.57. The minimum Gasteiger partial charge on any atom is -0.466 e. The number of aryl methyl sites for hydroxylation is 2. The quantitative estimate of drug-likeness (QED) is 0.840. The molecule has 0 N–H and O–H groups in total. The molecule has 1 amide bonds. The van der Waals surface area contributed by atoms with E-state index in [1.165, 1.54) is 32.1 Å². The molecule has 0 unspecified atom stereocenters. The van der Waals surface area contributed by atoms with E-state index in [-0.39, 0.29) is 5.91 Å². The predicted octanol–water partition coefficient (Wildman–Crippen LogP) is 2.99. The molecule has 1 saturated heterocycles. The van der Waals surface area contributed by atoms with Gasteiger partial charge < -0.3 is 9.32 Å². The van der Waals surface area contributed by atoms with Crippen molar-refractivity contribution >= 4 is 5.91 Å². The largest absolute Gasteiger partial charge is 0.466 e. The van der Waals surface area contributed by atoms with Crippen LogP contribution in [0.25, 0.3) is 0 Å². The molecule has 2 aliphatic rings. The molecule has 2 fully saturated rings. The molecule has 3 rings (SSSR count). The Morgan fingerprint density at radius 3 is 2.33 bits per heavy atom. The van der Waals surface area contributed by atoms with E-state index in [4.69, 9.17) is 4.42 Å². The molecular formula is C17H26N2O2. The fraction of sp³-hybridized carbons (Fsp3) is 0.706. The highest BCUT2D eigenvalue weighted by Gasteiger charge is 2.28. The Kier molecular flexibility index (Phi) is 4.34. The van der Waals surface area contributed by atoms with E-state index in [1.807, 2.05) is 24.8 Å². The summed E-state index contributed by atoms with van der Waals surface area (Å²) >= 11 is 0. The second-order valence-corrected chi connectivity index (χ2v) is 6.45. The summed E-state index contributed by atoms with van der Waals surface area (Å²) in [7, 11) is 0. The van der Waals surface area contributed by atoms with Gasteiger partial charge in [0, 0.05) is 32.2 Å². The van der Waals surface area contributed by atoms with Gasteiger partial charge in [-0.05, 0) is 32.8 Å². The van der Waals surface area contributed by atoms with Gasteiger partial charge >= 0.3 is 0 Å². The third-order valence-corrected chi connectivity index (χ3v) is 4.96. The van der Waals surface area contributed by atoms with E-state index in [0.717, 1.165) is 49.3 Å². The van der Waals surface area contributed by atoms with Crippen LogP contribution in [0.4, 0.5) is 0 Å². The van der Waals surface area contributed by atoms with Crippen LogP contribution in [-0.4, -0.2) is 47.9 Å². The lowest BCUT2D eigenvalue weighted by Gasteiger charge is -2.40. The summed E-state index contributed by atoms with van der Waals surface area (Å²) in [6.45, 7) is 7.50. The number of hydrogen-bond donors (Lipinski definition) is 0. The van der Waals surface area contributed by atoms with Crippen molar-refractivity contribution in [3.8, 4) is 0 Å². The van der Waals surface area contributed by atoms with Crippen LogP contribution in [0.15, 0.2) is 10.5 Å². The molecule has 1 aliphatic carbocycles. The van der Waals surface area contributed by atoms with Gasteiger partial charge in [-0.1, -0.05) is 19.3 Å². The van der Waals surface area contributed by atoms with Crippen molar-refractivity contribution in [2.45, 2.75) is 52.0 Å². The molecule has 21 heavy (non-hydrogen) atoms. The van der Waals surface area contributed by atoms with E-state index in [2.05, 4.69) is 4.90 Å². The lowest BCUT2D eigenvalue weighted by atomic mass is 9.94. The van der Waals surface area contributed by atoms with Gasteiger partial charge in [-0.2, -0.15) is 0 Å². The Bertz CT molecular complexity index is 495. The Hall–Kier alpha value is -1.29. The minimum absolute atomic E-state index is 0.132. The van der Waals surface area contributed by atoms with Crippen molar-refractivity contribution in [1.82, 2.24) is 9.80 Å². The first-order chi connectivity index (χ1) is 10.1. The molecule has 1 saturated carbocycles. The number of carbonyl (C=O) groups is 1. The summed E-state index contributed by atoms with van der Waals surface area (Å²) in [6.07, 6.45) is 6.82. The standard InChI is InChI=1S/C17H26N2O2/c1-13-12-16(14(2)21-13)17(20)19-10-8-18(9-11-19)15-6-4-3-5-7-15/h12,15H,3-11H2,1-2H3. The highest BCUT2D eigenvalue weighted by molar-refractivity contribution is 5.95. The summed E-state index contributed by atoms with van der Waals surface area (Å²) in [5, 5.41) is 0. The molecule has 1 aromatic rings. The first-order valence-corrected chi connectivity index (χ1v) is 8.25. The molecule has 0 radical (unpaired) electrons. The molecule has 116 valence electrons. The summed E-state index contributed by atoms with van der Waals surface area (Å²) < 4.78 is 5.48. The fourth-order valence-corrected chi connectivity index (χ4v) is 3.75. The van der Waals surface area contributed by atoms with Crippen molar-refractivity contribution in [2.24, 2.45) is 0 Å². The zero-order chi connectivity index (χ0) is 14.8. The summed E-state index contributed by atoms with van der Waals surface area (Å²) in [5.41, 5.74) is 0.735. The number of piperazine rings is 1. The molecular weight excluding hydrogens is 264 g/mol. The van der Waals surface area contributed by atoms with E-state index in [9.17, 15) is 4.79 Å². The Labute approximate surface area is 127 Å². The van der Waals surface area contributed by atoms with Gasteiger partial charge in [0.05, 0.1) is 5.56 Å². The van der Waals surface area contributed by atoms with Crippen LogP contribution >= 0.6 is 0 Å². The lowest BCUT2D eigenvalue weighted by molar-refractivity contribution is 0.0522. The van der Waals surface area contributed by atoms with Crippen LogP contribution in [0, 0.1) is 13.8 Å². The summed E-state index contributed by atoms with van der Waals surface area (Å²) in [4.78, 5) is 17.1. The third kappa shape index (κ3) is 3.15. The smallest absolute Gasteiger partial charge is 0.257 e. The SMILES string of the molecule is Cc1cc(C(=O)N2CCN(C3CCCCC3)CC2)c(C)o1. The monoisotopic (exact) mass is 290 g/mol. The van der Waals surface area contributed by atoms with E-state index in [1.54, 1.807) is 0 Å². The second-order valence-electron chi connectivity index (χ2n) is 6.45. The Morgan fingerprint density at radius 1 is 1.10 bits per heavy atom. The normalized spacial score (nSPS) is 21.7. The van der Waals surface area contributed by atoms with Crippen molar-refractivity contribution in [1.29, 1.82) is 0 Å². The van der Waals surface area contributed by atoms with Crippen LogP contribution in [0.2, 0.25) is 0 Å². The Morgan fingerprint density at radius 2 is 1.76 bits per heavy atom. The van der Waals surface area contributed by atoms with Gasteiger partial charge in [-0.15, -0.1) is 0 Å². The number of rotatable bonds is 2. The van der Waals surface area contributed by atoms with Gasteiger partial charge in [0.15, 0.2) is 0 Å². The molecule has 4 nitrogen and oxygen atoms in total. The van der Waals surface area contributed by atoms with Crippen LogP contribution in [-0.2, 0) is 0 Å². The number of hydrogen-bond acceptors (Lipinski definition) is 3. The number of furan rings is 1. The topological polar surface area (TPSA) is 36.7 Å². The van der Waals surface area contributed by atoms with Gasteiger partial charge in [0.25, 0.3) is 5.91 Å². The molecule has 4 heteroatoms. The average Bonchev–Trinajstić information content (AvgIpc) is 2.86. The second kappa shape index (κ2) is 6.22. The molecule has 1 aliphatic heterocycles. The van der Waals surface area contributed by atoms with Crippen LogP contribution in [0.5, 0.6) is 0 Å². The van der Waals surface area contributed by atoms with E-state index < -0.39 is 0 Å². The molecule has 0 bridgehead atoms. The van der Waals surface area contributed by atoms with Crippen molar-refractivity contribution in [3.63, 3.8) is 0 Å². The van der Waals surface area contributed by atoms with E-state index >= 15 is 0 Å². The van der Waals surface area contributed by atoms with Crippen LogP contribution in [0.3, 0.4) is 0 Å². The fourth-order valence-electron chi connectivity index (χ4n) is 3.75. The summed E-state index contributed by atoms with van der Waals surface area (Å²) in [6, 6.07) is 2.62. The lowest BCUT2D eigenvalue weighted by Crippen LogP contribution is -2.52.